The van der Waals surface area contributed by atoms with Gasteiger partial charge in [0.25, 0.3) is 5.69 Å². The topological polar surface area (TPSA) is 81.8 Å². The lowest BCUT2D eigenvalue weighted by Crippen LogP contribution is -2.08. The second-order valence-electron chi connectivity index (χ2n) is 4.68. The van der Waals surface area contributed by atoms with Crippen LogP contribution in [0.2, 0.25) is 0 Å². The highest BCUT2D eigenvalue weighted by atomic mass is 31.0. The lowest BCUT2D eigenvalue weighted by Gasteiger charge is -2.07. The summed E-state index contributed by atoms with van der Waals surface area (Å²) in [6.07, 6.45) is 0.210. The van der Waals surface area contributed by atoms with Gasteiger partial charge in [-0.15, -0.1) is 9.24 Å². The maximum absolute atomic E-state index is 11.4. The normalized spacial score (nSPS) is 11.1. The minimum Gasteiger partial charge on any atom is -0.318 e. The van der Waals surface area contributed by atoms with Gasteiger partial charge in [-0.2, -0.15) is 0 Å². The predicted molar refractivity (Wildman–Crippen MR) is 90.9 cm³/mol. The van der Waals surface area contributed by atoms with Crippen LogP contribution in [0.1, 0.15) is 24.5 Å². The second kappa shape index (κ2) is 7.61. The largest absolute Gasteiger partial charge is 0.334 e. The summed E-state index contributed by atoms with van der Waals surface area (Å²) in [4.78, 5) is 26.5. The van der Waals surface area contributed by atoms with Gasteiger partial charge in [0.2, 0.25) is 0 Å². The number of hydrogen-bond acceptors (Lipinski definition) is 5. The molecule has 1 atom stereocenters. The zero-order valence-corrected chi connectivity index (χ0v) is 13.6. The van der Waals surface area contributed by atoms with Crippen LogP contribution in [0.25, 0.3) is 0 Å². The van der Waals surface area contributed by atoms with Crippen molar-refractivity contribution >= 4 is 31.9 Å². The average molecular weight is 330 g/mol. The number of carbonyl (C=O) groups is 1. The van der Waals surface area contributed by atoms with Crippen molar-refractivity contribution in [3.05, 3.63) is 69.8 Å². The molecule has 2 rings (SSSR count). The van der Waals surface area contributed by atoms with Crippen molar-refractivity contribution in [2.75, 3.05) is 0 Å². The SMILES string of the molecule is CCC(=O)O/N=C(\c1ccc(P)cc1)c1ccc([N+](=O)[O-])cc1. The quantitative estimate of drug-likeness (QED) is 0.277. The van der Waals surface area contributed by atoms with E-state index >= 15 is 0 Å². The van der Waals surface area contributed by atoms with Crippen LogP contribution in [0.4, 0.5) is 5.69 Å². The molecule has 0 amide bonds. The summed E-state index contributed by atoms with van der Waals surface area (Å²) in [5, 5.41) is 15.7. The Balaban J connectivity index is 2.42. The van der Waals surface area contributed by atoms with Crippen molar-refractivity contribution < 1.29 is 14.6 Å². The highest BCUT2D eigenvalue weighted by Gasteiger charge is 2.12. The number of nitro benzene ring substituents is 1. The summed E-state index contributed by atoms with van der Waals surface area (Å²) in [5.41, 5.74) is 1.79. The lowest BCUT2D eigenvalue weighted by molar-refractivity contribution is -0.384. The predicted octanol–water partition coefficient (Wildman–Crippen LogP) is 2.80. The van der Waals surface area contributed by atoms with Crippen molar-refractivity contribution in [1.29, 1.82) is 0 Å². The molecule has 23 heavy (non-hydrogen) atoms. The third-order valence-electron chi connectivity index (χ3n) is 3.06. The van der Waals surface area contributed by atoms with Gasteiger partial charge in [0.05, 0.1) is 4.92 Å². The fourth-order valence-corrected chi connectivity index (χ4v) is 2.01. The summed E-state index contributed by atoms with van der Waals surface area (Å²) < 4.78 is 0. The number of oxime groups is 1. The Hall–Kier alpha value is -2.59. The molecule has 0 aliphatic rings. The van der Waals surface area contributed by atoms with Crippen molar-refractivity contribution in [3.8, 4) is 0 Å². The smallest absolute Gasteiger partial charge is 0.318 e. The number of nitro groups is 1. The van der Waals surface area contributed by atoms with E-state index in [2.05, 4.69) is 14.4 Å². The first-order chi connectivity index (χ1) is 11.0. The molecular weight excluding hydrogens is 315 g/mol. The van der Waals surface area contributed by atoms with Gasteiger partial charge in [-0.3, -0.25) is 10.1 Å². The first-order valence-corrected chi connectivity index (χ1v) is 7.47. The summed E-state index contributed by atoms with van der Waals surface area (Å²) in [6, 6.07) is 13.3. The molecule has 0 saturated carbocycles. The van der Waals surface area contributed by atoms with Gasteiger partial charge in [-0.25, -0.2) is 4.79 Å². The molecule has 0 bridgehead atoms. The van der Waals surface area contributed by atoms with Gasteiger partial charge >= 0.3 is 5.97 Å². The Bertz CT molecular complexity index is 740. The number of rotatable bonds is 5. The van der Waals surface area contributed by atoms with Crippen molar-refractivity contribution in [2.45, 2.75) is 13.3 Å². The molecule has 2 aromatic carbocycles. The molecule has 2 aromatic rings. The van der Waals surface area contributed by atoms with Gasteiger partial charge in [-0.1, -0.05) is 36.3 Å². The Morgan fingerprint density at radius 2 is 1.65 bits per heavy atom. The molecule has 118 valence electrons. The van der Waals surface area contributed by atoms with Gasteiger partial charge in [0.1, 0.15) is 5.71 Å². The molecule has 0 radical (unpaired) electrons. The Kier molecular flexibility index (Phi) is 5.55. The third-order valence-corrected chi connectivity index (χ3v) is 3.45. The lowest BCUT2D eigenvalue weighted by atomic mass is 10.0. The average Bonchev–Trinajstić information content (AvgIpc) is 2.56. The van der Waals surface area contributed by atoms with E-state index in [1.54, 1.807) is 19.1 Å². The molecule has 1 unspecified atom stereocenters. The van der Waals surface area contributed by atoms with E-state index in [0.717, 1.165) is 10.9 Å². The number of benzene rings is 2. The molecule has 0 aromatic heterocycles. The fraction of sp³-hybridized carbons (Fsp3) is 0.125. The molecule has 0 N–H and O–H groups in total. The third kappa shape index (κ3) is 4.44. The van der Waals surface area contributed by atoms with Crippen LogP contribution < -0.4 is 5.30 Å². The summed E-state index contributed by atoms with van der Waals surface area (Å²) in [5.74, 6) is -0.452. The maximum Gasteiger partial charge on any atom is 0.334 e. The maximum atomic E-state index is 11.4. The molecule has 0 fully saturated rings. The van der Waals surface area contributed by atoms with Gasteiger partial charge in [0.15, 0.2) is 0 Å². The van der Waals surface area contributed by atoms with E-state index in [9.17, 15) is 14.9 Å². The van der Waals surface area contributed by atoms with Crippen LogP contribution >= 0.6 is 9.24 Å². The first kappa shape index (κ1) is 16.8. The van der Waals surface area contributed by atoms with Crippen LogP contribution in [0.5, 0.6) is 0 Å². The van der Waals surface area contributed by atoms with Gasteiger partial charge in [0, 0.05) is 29.7 Å². The number of hydrogen-bond donors (Lipinski definition) is 0. The number of carbonyl (C=O) groups excluding carboxylic acids is 1. The number of nitrogens with zero attached hydrogens (tertiary/aromatic N) is 2. The summed E-state index contributed by atoms with van der Waals surface area (Å²) in [7, 11) is 2.58. The minimum absolute atomic E-state index is 0.0149. The molecular formula is C16H15N2O4P. The molecule has 7 heteroatoms. The molecule has 0 aliphatic carbocycles. The van der Waals surface area contributed by atoms with Crippen LogP contribution in [-0.2, 0) is 9.63 Å². The molecule has 0 saturated heterocycles. The van der Waals surface area contributed by atoms with Crippen molar-refractivity contribution in [3.63, 3.8) is 0 Å². The molecule has 0 spiro atoms. The Morgan fingerprint density at radius 1 is 1.13 bits per heavy atom. The zero-order valence-electron chi connectivity index (χ0n) is 12.4. The van der Waals surface area contributed by atoms with E-state index in [-0.39, 0.29) is 12.1 Å². The van der Waals surface area contributed by atoms with Crippen molar-refractivity contribution in [1.82, 2.24) is 0 Å². The zero-order chi connectivity index (χ0) is 16.8. The molecule has 0 heterocycles. The highest BCUT2D eigenvalue weighted by Crippen LogP contribution is 2.16. The second-order valence-corrected chi connectivity index (χ2v) is 5.35. The van der Waals surface area contributed by atoms with E-state index in [4.69, 9.17) is 4.84 Å². The summed E-state index contributed by atoms with van der Waals surface area (Å²) >= 11 is 0. The fourth-order valence-electron chi connectivity index (χ4n) is 1.82. The van der Waals surface area contributed by atoms with Crippen LogP contribution in [-0.4, -0.2) is 16.6 Å². The van der Waals surface area contributed by atoms with Gasteiger partial charge in [-0.05, 0) is 17.4 Å². The van der Waals surface area contributed by atoms with E-state index < -0.39 is 10.9 Å². The minimum atomic E-state index is -0.471. The van der Waals surface area contributed by atoms with Gasteiger partial charge < -0.3 is 4.84 Å². The molecule has 0 aliphatic heterocycles. The van der Waals surface area contributed by atoms with E-state index in [1.807, 2.05) is 24.3 Å². The standard InChI is InChI=1S/C16H15N2O4P/c1-2-15(19)22-17-16(12-5-9-14(23)10-6-12)11-3-7-13(8-4-11)18(20)21/h3-10H,2,23H2,1H3/b17-16-. The van der Waals surface area contributed by atoms with E-state index in [0.29, 0.717) is 11.3 Å². The Morgan fingerprint density at radius 3 is 2.13 bits per heavy atom. The van der Waals surface area contributed by atoms with Crippen LogP contribution in [0.15, 0.2) is 53.7 Å². The van der Waals surface area contributed by atoms with Crippen molar-refractivity contribution in [2.24, 2.45) is 5.16 Å². The monoisotopic (exact) mass is 330 g/mol. The highest BCUT2D eigenvalue weighted by molar-refractivity contribution is 7.27. The summed E-state index contributed by atoms with van der Waals surface area (Å²) in [6.45, 7) is 1.67. The first-order valence-electron chi connectivity index (χ1n) is 6.90. The van der Waals surface area contributed by atoms with Crippen LogP contribution in [0, 0.1) is 10.1 Å². The number of non-ortho nitro benzene ring substituents is 1. The van der Waals surface area contributed by atoms with Crippen LogP contribution in [0.3, 0.4) is 0 Å². The van der Waals surface area contributed by atoms with E-state index in [1.165, 1.54) is 12.1 Å². The molecule has 6 nitrogen and oxygen atoms in total. The Labute approximate surface area is 135 Å².